The number of carbonyl (C=O) groups is 1. The number of hydrogen-bond donors (Lipinski definition) is 0. The van der Waals surface area contributed by atoms with E-state index in [1.165, 1.54) is 23.7 Å². The molecular weight excluding hydrogens is 374 g/mol. The highest BCUT2D eigenvalue weighted by molar-refractivity contribution is 7.99. The van der Waals surface area contributed by atoms with Gasteiger partial charge in [0.2, 0.25) is 5.91 Å². The van der Waals surface area contributed by atoms with Gasteiger partial charge >= 0.3 is 0 Å². The number of piperidine rings is 1. The SMILES string of the molecule is CC(C)c1ccc(OCc2nnc(SCC(=O)N3[C@@H](C)CCC[C@@H]3C)o2)cc1. The Morgan fingerprint density at radius 2 is 1.89 bits per heavy atom. The molecule has 3 rings (SSSR count). The van der Waals surface area contributed by atoms with Gasteiger partial charge in [-0.05, 0) is 56.7 Å². The molecular formula is C21H29N3O3S. The first-order valence-corrected chi connectivity index (χ1v) is 10.9. The molecule has 0 N–H and O–H groups in total. The maximum atomic E-state index is 12.6. The lowest BCUT2D eigenvalue weighted by molar-refractivity contribution is -0.134. The molecule has 0 bridgehead atoms. The van der Waals surface area contributed by atoms with Gasteiger partial charge in [0.1, 0.15) is 5.75 Å². The Hall–Kier alpha value is -2.02. The van der Waals surface area contributed by atoms with Crippen LogP contribution in [0.5, 0.6) is 5.75 Å². The van der Waals surface area contributed by atoms with Crippen molar-refractivity contribution in [3.05, 3.63) is 35.7 Å². The minimum absolute atomic E-state index is 0.131. The molecule has 2 atom stereocenters. The highest BCUT2D eigenvalue weighted by Crippen LogP contribution is 2.25. The van der Waals surface area contributed by atoms with Crippen molar-refractivity contribution in [1.29, 1.82) is 0 Å². The Labute approximate surface area is 171 Å². The predicted molar refractivity (Wildman–Crippen MR) is 110 cm³/mol. The van der Waals surface area contributed by atoms with Crippen LogP contribution >= 0.6 is 11.8 Å². The van der Waals surface area contributed by atoms with Crippen LogP contribution in [0.4, 0.5) is 0 Å². The molecule has 7 heteroatoms. The van der Waals surface area contributed by atoms with E-state index in [2.05, 4.69) is 50.0 Å². The molecule has 1 aromatic carbocycles. The van der Waals surface area contributed by atoms with Crippen molar-refractivity contribution < 1.29 is 13.9 Å². The van der Waals surface area contributed by atoms with E-state index in [1.807, 2.05) is 17.0 Å². The summed E-state index contributed by atoms with van der Waals surface area (Å²) in [5.74, 6) is 2.10. The van der Waals surface area contributed by atoms with E-state index in [4.69, 9.17) is 9.15 Å². The first-order valence-electron chi connectivity index (χ1n) is 9.93. The second-order valence-electron chi connectivity index (χ2n) is 7.69. The Kier molecular flexibility index (Phi) is 6.99. The van der Waals surface area contributed by atoms with Crippen LogP contribution in [0.1, 0.15) is 64.3 Å². The van der Waals surface area contributed by atoms with Crippen LogP contribution in [-0.2, 0) is 11.4 Å². The highest BCUT2D eigenvalue weighted by Gasteiger charge is 2.29. The van der Waals surface area contributed by atoms with Crippen LogP contribution in [0.25, 0.3) is 0 Å². The van der Waals surface area contributed by atoms with E-state index in [0.717, 1.165) is 18.6 Å². The fourth-order valence-electron chi connectivity index (χ4n) is 3.56. The molecule has 1 aliphatic heterocycles. The van der Waals surface area contributed by atoms with Crippen molar-refractivity contribution in [3.8, 4) is 5.75 Å². The summed E-state index contributed by atoms with van der Waals surface area (Å²) in [4.78, 5) is 14.6. The van der Waals surface area contributed by atoms with E-state index < -0.39 is 0 Å². The van der Waals surface area contributed by atoms with Gasteiger partial charge in [0.25, 0.3) is 11.1 Å². The summed E-state index contributed by atoms with van der Waals surface area (Å²) in [6.45, 7) is 8.76. The predicted octanol–water partition coefficient (Wildman–Crippen LogP) is 4.65. The van der Waals surface area contributed by atoms with Crippen LogP contribution < -0.4 is 4.74 Å². The Morgan fingerprint density at radius 1 is 1.21 bits per heavy atom. The first-order chi connectivity index (χ1) is 13.4. The molecule has 1 saturated heterocycles. The lowest BCUT2D eigenvalue weighted by Crippen LogP contribution is -2.48. The summed E-state index contributed by atoms with van der Waals surface area (Å²) >= 11 is 1.29. The maximum Gasteiger partial charge on any atom is 0.277 e. The number of hydrogen-bond acceptors (Lipinski definition) is 6. The number of rotatable bonds is 7. The third-order valence-electron chi connectivity index (χ3n) is 5.16. The first kappa shape index (κ1) is 20.7. The van der Waals surface area contributed by atoms with Gasteiger partial charge in [0.15, 0.2) is 6.61 Å². The molecule has 0 saturated carbocycles. The van der Waals surface area contributed by atoms with Gasteiger partial charge in [-0.3, -0.25) is 4.79 Å². The molecule has 1 aromatic heterocycles. The van der Waals surface area contributed by atoms with Gasteiger partial charge in [0.05, 0.1) is 5.75 Å². The van der Waals surface area contributed by atoms with Crippen molar-refractivity contribution in [2.75, 3.05) is 5.75 Å². The molecule has 0 unspecified atom stereocenters. The van der Waals surface area contributed by atoms with Crippen LogP contribution in [0.15, 0.2) is 33.9 Å². The third kappa shape index (κ3) is 5.28. The van der Waals surface area contributed by atoms with Gasteiger partial charge in [-0.25, -0.2) is 0 Å². The number of aromatic nitrogens is 2. The fraction of sp³-hybridized carbons (Fsp3) is 0.571. The molecule has 1 aliphatic rings. The van der Waals surface area contributed by atoms with E-state index in [0.29, 0.717) is 34.9 Å². The molecule has 2 heterocycles. The monoisotopic (exact) mass is 403 g/mol. The van der Waals surface area contributed by atoms with Gasteiger partial charge in [0, 0.05) is 12.1 Å². The summed E-state index contributed by atoms with van der Waals surface area (Å²) in [6, 6.07) is 8.60. The smallest absolute Gasteiger partial charge is 0.277 e. The number of likely N-dealkylation sites (tertiary alicyclic amines) is 1. The normalized spacial score (nSPS) is 19.8. The molecule has 2 aromatic rings. The zero-order chi connectivity index (χ0) is 20.1. The van der Waals surface area contributed by atoms with E-state index in [1.54, 1.807) is 0 Å². The lowest BCUT2D eigenvalue weighted by atomic mass is 9.98. The maximum absolute atomic E-state index is 12.6. The van der Waals surface area contributed by atoms with Gasteiger partial charge in [-0.1, -0.05) is 37.7 Å². The van der Waals surface area contributed by atoms with Crippen molar-refractivity contribution in [3.63, 3.8) is 0 Å². The largest absolute Gasteiger partial charge is 0.484 e. The number of thioether (sulfide) groups is 1. The van der Waals surface area contributed by atoms with Crippen molar-refractivity contribution >= 4 is 17.7 Å². The summed E-state index contributed by atoms with van der Waals surface area (Å²) < 4.78 is 11.3. The van der Waals surface area contributed by atoms with Crippen LogP contribution in [0.2, 0.25) is 0 Å². The fourth-order valence-corrected chi connectivity index (χ4v) is 4.21. The molecule has 6 nitrogen and oxygen atoms in total. The zero-order valence-corrected chi connectivity index (χ0v) is 17.9. The van der Waals surface area contributed by atoms with Gasteiger partial charge < -0.3 is 14.1 Å². The Balaban J connectivity index is 1.48. The second-order valence-corrected chi connectivity index (χ2v) is 8.62. The number of amides is 1. The Morgan fingerprint density at radius 3 is 2.54 bits per heavy atom. The summed E-state index contributed by atoms with van der Waals surface area (Å²) in [6.07, 6.45) is 3.33. The molecule has 1 fully saturated rings. The summed E-state index contributed by atoms with van der Waals surface area (Å²) in [7, 11) is 0. The van der Waals surface area contributed by atoms with Crippen LogP contribution in [0.3, 0.4) is 0 Å². The average molecular weight is 404 g/mol. The van der Waals surface area contributed by atoms with Crippen LogP contribution in [-0.4, -0.2) is 38.8 Å². The van der Waals surface area contributed by atoms with E-state index in [-0.39, 0.29) is 12.5 Å². The van der Waals surface area contributed by atoms with Crippen molar-refractivity contribution in [2.24, 2.45) is 0 Å². The van der Waals surface area contributed by atoms with Gasteiger partial charge in [-0.15, -0.1) is 10.2 Å². The van der Waals surface area contributed by atoms with E-state index >= 15 is 0 Å². The molecule has 0 aliphatic carbocycles. The number of carbonyl (C=O) groups excluding carboxylic acids is 1. The topological polar surface area (TPSA) is 68.5 Å². The van der Waals surface area contributed by atoms with Crippen molar-refractivity contribution in [1.82, 2.24) is 15.1 Å². The van der Waals surface area contributed by atoms with Crippen molar-refractivity contribution in [2.45, 2.75) is 76.8 Å². The number of ether oxygens (including phenoxy) is 1. The molecule has 0 spiro atoms. The molecule has 152 valence electrons. The number of benzene rings is 1. The summed E-state index contributed by atoms with van der Waals surface area (Å²) in [5.41, 5.74) is 1.27. The minimum atomic E-state index is 0.131. The second kappa shape index (κ2) is 9.45. The van der Waals surface area contributed by atoms with E-state index in [9.17, 15) is 4.79 Å². The Bertz CT molecular complexity index is 765. The third-order valence-corrected chi connectivity index (χ3v) is 5.96. The minimum Gasteiger partial charge on any atom is -0.484 e. The van der Waals surface area contributed by atoms with Crippen LogP contribution in [0, 0.1) is 0 Å². The molecule has 28 heavy (non-hydrogen) atoms. The lowest BCUT2D eigenvalue weighted by Gasteiger charge is -2.39. The van der Waals surface area contributed by atoms with Gasteiger partial charge in [-0.2, -0.15) is 0 Å². The molecule has 0 radical (unpaired) electrons. The zero-order valence-electron chi connectivity index (χ0n) is 17.1. The molecule has 1 amide bonds. The quantitative estimate of drug-likeness (QED) is 0.627. The number of nitrogens with zero attached hydrogens (tertiary/aromatic N) is 3. The highest BCUT2D eigenvalue weighted by atomic mass is 32.2. The summed E-state index contributed by atoms with van der Waals surface area (Å²) in [5, 5.41) is 8.43. The average Bonchev–Trinajstić information content (AvgIpc) is 3.13. The standard InChI is InChI=1S/C21H29N3O3S/c1-14(2)17-8-10-18(11-9-17)26-12-19-22-23-21(27-19)28-13-20(25)24-15(3)6-5-7-16(24)4/h8-11,14-16H,5-7,12-13H2,1-4H3/t15-,16-/m0/s1.